The highest BCUT2D eigenvalue weighted by molar-refractivity contribution is 7.12. The third kappa shape index (κ3) is 4.60. The Balaban J connectivity index is 1.57. The molecule has 0 saturated carbocycles. The molecule has 2 heterocycles. The van der Waals surface area contributed by atoms with Crippen LogP contribution in [0.15, 0.2) is 53.2 Å². The van der Waals surface area contributed by atoms with E-state index in [9.17, 15) is 24.8 Å². The standard InChI is InChI=1S/C18H15N3O5S2/c22-16(11-7-8-27-10-11)15-6-5-12(28-15)9-19-17(23)18(24)20-13-3-1-2-4-14(13)21(25)26/h1-8,10,16,22H,9H2,(H,19,23)(H,20,24). The van der Waals surface area contributed by atoms with E-state index in [-0.39, 0.29) is 17.9 Å². The number of thiophene rings is 2. The molecule has 0 aliphatic rings. The maximum atomic E-state index is 12.0. The summed E-state index contributed by atoms with van der Waals surface area (Å²) >= 11 is 2.81. The smallest absolute Gasteiger partial charge is 0.313 e. The van der Waals surface area contributed by atoms with Gasteiger partial charge in [0.25, 0.3) is 5.69 Å². The third-order valence-electron chi connectivity index (χ3n) is 3.79. The van der Waals surface area contributed by atoms with Gasteiger partial charge in [-0.05, 0) is 40.6 Å². The van der Waals surface area contributed by atoms with E-state index in [0.717, 1.165) is 15.3 Å². The van der Waals surface area contributed by atoms with Crippen molar-refractivity contribution in [1.82, 2.24) is 5.32 Å². The van der Waals surface area contributed by atoms with Crippen molar-refractivity contribution in [2.45, 2.75) is 12.6 Å². The number of nitro groups is 1. The van der Waals surface area contributed by atoms with Gasteiger partial charge in [-0.25, -0.2) is 0 Å². The number of aliphatic hydroxyl groups is 1. The van der Waals surface area contributed by atoms with Gasteiger partial charge in [-0.3, -0.25) is 19.7 Å². The number of benzene rings is 1. The number of hydrogen-bond acceptors (Lipinski definition) is 7. The molecule has 0 bridgehead atoms. The maximum Gasteiger partial charge on any atom is 0.313 e. The highest BCUT2D eigenvalue weighted by Gasteiger charge is 2.20. The summed E-state index contributed by atoms with van der Waals surface area (Å²) in [5.41, 5.74) is 0.449. The second-order valence-electron chi connectivity index (χ2n) is 5.67. The van der Waals surface area contributed by atoms with Crippen molar-refractivity contribution in [2.24, 2.45) is 0 Å². The number of aliphatic hydroxyl groups excluding tert-OH is 1. The number of rotatable bonds is 6. The average molecular weight is 417 g/mol. The van der Waals surface area contributed by atoms with Crippen molar-refractivity contribution in [3.05, 3.63) is 78.7 Å². The molecule has 3 aromatic rings. The number of hydrogen-bond donors (Lipinski definition) is 3. The fourth-order valence-corrected chi connectivity index (χ4v) is 4.04. The maximum absolute atomic E-state index is 12.0. The molecule has 0 spiro atoms. The lowest BCUT2D eigenvalue weighted by molar-refractivity contribution is -0.383. The van der Waals surface area contributed by atoms with Crippen LogP contribution >= 0.6 is 22.7 Å². The molecule has 1 aromatic carbocycles. The molecule has 0 aliphatic heterocycles. The summed E-state index contributed by atoms with van der Waals surface area (Å²) in [7, 11) is 0. The molecule has 8 nitrogen and oxygen atoms in total. The van der Waals surface area contributed by atoms with Gasteiger partial charge in [-0.2, -0.15) is 11.3 Å². The van der Waals surface area contributed by atoms with E-state index in [4.69, 9.17) is 0 Å². The van der Waals surface area contributed by atoms with Crippen molar-refractivity contribution in [2.75, 3.05) is 5.32 Å². The number of carbonyl (C=O) groups is 2. The minimum Gasteiger partial charge on any atom is -0.383 e. The summed E-state index contributed by atoms with van der Waals surface area (Å²) < 4.78 is 0. The van der Waals surface area contributed by atoms with Gasteiger partial charge in [-0.15, -0.1) is 11.3 Å². The van der Waals surface area contributed by atoms with Gasteiger partial charge >= 0.3 is 11.8 Å². The monoisotopic (exact) mass is 417 g/mol. The zero-order valence-corrected chi connectivity index (χ0v) is 16.0. The van der Waals surface area contributed by atoms with Crippen LogP contribution in [0.4, 0.5) is 11.4 Å². The van der Waals surface area contributed by atoms with E-state index in [1.807, 2.05) is 16.8 Å². The van der Waals surface area contributed by atoms with Crippen LogP contribution in [-0.2, 0) is 16.1 Å². The second kappa shape index (κ2) is 8.74. The summed E-state index contributed by atoms with van der Waals surface area (Å²) in [6.45, 7) is 0.101. The Hall–Kier alpha value is -3.08. The molecule has 28 heavy (non-hydrogen) atoms. The van der Waals surface area contributed by atoms with Crippen LogP contribution in [0, 0.1) is 10.1 Å². The Kier molecular flexibility index (Phi) is 6.14. The molecule has 2 aromatic heterocycles. The largest absolute Gasteiger partial charge is 0.383 e. The quantitative estimate of drug-likeness (QED) is 0.323. The first kappa shape index (κ1) is 19.7. The van der Waals surface area contributed by atoms with E-state index in [2.05, 4.69) is 10.6 Å². The molecule has 1 unspecified atom stereocenters. The molecule has 0 saturated heterocycles. The molecular formula is C18H15N3O5S2. The summed E-state index contributed by atoms with van der Waals surface area (Å²) in [4.78, 5) is 35.8. The van der Waals surface area contributed by atoms with Gasteiger partial charge in [0.15, 0.2) is 0 Å². The van der Waals surface area contributed by atoms with Crippen molar-refractivity contribution >= 4 is 45.9 Å². The Morgan fingerprint density at radius 1 is 1.14 bits per heavy atom. The number of nitro benzene ring substituents is 1. The molecular weight excluding hydrogens is 402 g/mol. The van der Waals surface area contributed by atoms with Crippen LogP contribution in [0.2, 0.25) is 0 Å². The summed E-state index contributed by atoms with van der Waals surface area (Å²) in [6.07, 6.45) is -0.734. The van der Waals surface area contributed by atoms with E-state index in [0.29, 0.717) is 0 Å². The fraction of sp³-hybridized carbons (Fsp3) is 0.111. The van der Waals surface area contributed by atoms with Crippen LogP contribution in [0.1, 0.15) is 21.4 Å². The zero-order chi connectivity index (χ0) is 20.1. The van der Waals surface area contributed by atoms with Gasteiger partial charge < -0.3 is 15.7 Å². The normalized spacial score (nSPS) is 11.6. The number of carbonyl (C=O) groups excluding carboxylic acids is 2. The van der Waals surface area contributed by atoms with E-state index < -0.39 is 22.8 Å². The van der Waals surface area contributed by atoms with Crippen LogP contribution < -0.4 is 10.6 Å². The molecule has 3 N–H and O–H groups in total. The first-order chi connectivity index (χ1) is 13.5. The summed E-state index contributed by atoms with van der Waals surface area (Å²) in [5, 5.41) is 29.7. The number of nitrogens with one attached hydrogen (secondary N) is 2. The summed E-state index contributed by atoms with van der Waals surface area (Å²) in [5.74, 6) is -1.91. The Morgan fingerprint density at radius 3 is 2.64 bits per heavy atom. The minimum absolute atomic E-state index is 0.0510. The van der Waals surface area contributed by atoms with E-state index in [1.165, 1.54) is 46.9 Å². The molecule has 0 fully saturated rings. The number of para-hydroxylation sites is 2. The van der Waals surface area contributed by atoms with Gasteiger partial charge in [0.05, 0.1) is 11.5 Å². The first-order valence-corrected chi connectivity index (χ1v) is 9.83. The highest BCUT2D eigenvalue weighted by Crippen LogP contribution is 2.29. The predicted molar refractivity (Wildman–Crippen MR) is 106 cm³/mol. The zero-order valence-electron chi connectivity index (χ0n) is 14.3. The number of anilines is 1. The molecule has 144 valence electrons. The van der Waals surface area contributed by atoms with Gasteiger partial charge in [0.2, 0.25) is 0 Å². The highest BCUT2D eigenvalue weighted by atomic mass is 32.1. The second-order valence-corrected chi connectivity index (χ2v) is 7.65. The molecule has 0 radical (unpaired) electrons. The van der Waals surface area contributed by atoms with Crippen LogP contribution in [-0.4, -0.2) is 21.8 Å². The minimum atomic E-state index is -0.996. The third-order valence-corrected chi connectivity index (χ3v) is 5.63. The van der Waals surface area contributed by atoms with Crippen LogP contribution in [0.25, 0.3) is 0 Å². The number of amides is 2. The van der Waals surface area contributed by atoms with E-state index >= 15 is 0 Å². The molecule has 10 heteroatoms. The predicted octanol–water partition coefficient (Wildman–Crippen LogP) is 3.05. The molecule has 2 amide bonds. The van der Waals surface area contributed by atoms with Crippen LogP contribution in [0.5, 0.6) is 0 Å². The molecule has 0 aliphatic carbocycles. The molecule has 1 atom stereocenters. The van der Waals surface area contributed by atoms with Crippen molar-refractivity contribution in [3.63, 3.8) is 0 Å². The topological polar surface area (TPSA) is 122 Å². The van der Waals surface area contributed by atoms with Crippen LogP contribution in [0.3, 0.4) is 0 Å². The average Bonchev–Trinajstić information content (AvgIpc) is 3.38. The van der Waals surface area contributed by atoms with Gasteiger partial charge in [0.1, 0.15) is 11.8 Å². The van der Waals surface area contributed by atoms with Crippen molar-refractivity contribution < 1.29 is 19.6 Å². The Morgan fingerprint density at radius 2 is 1.93 bits per heavy atom. The summed E-state index contributed by atoms with van der Waals surface area (Å²) in [6, 6.07) is 10.9. The lowest BCUT2D eigenvalue weighted by Crippen LogP contribution is -2.34. The van der Waals surface area contributed by atoms with Crippen molar-refractivity contribution in [1.29, 1.82) is 0 Å². The lowest BCUT2D eigenvalue weighted by atomic mass is 10.2. The fourth-order valence-electron chi connectivity index (χ4n) is 2.40. The Labute approximate surface area is 167 Å². The van der Waals surface area contributed by atoms with Gasteiger partial charge in [0, 0.05) is 15.8 Å². The first-order valence-electron chi connectivity index (χ1n) is 8.07. The SMILES string of the molecule is O=C(NCc1ccc(C(O)c2ccsc2)s1)C(=O)Nc1ccccc1[N+](=O)[O-]. The number of nitrogens with zero attached hydrogens (tertiary/aromatic N) is 1. The van der Waals surface area contributed by atoms with E-state index in [1.54, 1.807) is 12.1 Å². The Bertz CT molecular complexity index is 1000. The lowest BCUT2D eigenvalue weighted by Gasteiger charge is -2.07. The molecule has 3 rings (SSSR count). The van der Waals surface area contributed by atoms with Gasteiger partial charge in [-0.1, -0.05) is 12.1 Å². The van der Waals surface area contributed by atoms with Crippen molar-refractivity contribution in [3.8, 4) is 0 Å².